The first-order valence-corrected chi connectivity index (χ1v) is 11.0. The van der Waals surface area contributed by atoms with Gasteiger partial charge < -0.3 is 13.9 Å². The van der Waals surface area contributed by atoms with Crippen molar-refractivity contribution in [1.29, 1.82) is 0 Å². The largest absolute Gasteiger partial charge is 0.497 e. The second-order valence-corrected chi connectivity index (χ2v) is 7.90. The topological polar surface area (TPSA) is 81.3 Å². The van der Waals surface area contributed by atoms with Crippen LogP contribution in [0.25, 0.3) is 11.0 Å². The Bertz CT molecular complexity index is 1460. The molecule has 0 N–H and O–H groups in total. The summed E-state index contributed by atoms with van der Waals surface area (Å²) >= 11 is 0. The van der Waals surface area contributed by atoms with E-state index in [0.29, 0.717) is 27.8 Å². The lowest BCUT2D eigenvalue weighted by atomic mass is 10.1. The SMILES string of the molecule is COc1ccc2oc(C(=O)OCC(=O)N(/N=C/c3ccccc3)c3cccc(C(F)(F)F)c3)c(C)c2c1. The molecule has 0 radical (unpaired) electrons. The standard InChI is InChI=1S/C27H21F3N2O5/c1-17-22-14-21(35-2)11-12-23(22)37-25(17)26(34)36-16-24(33)32(31-15-18-7-4-3-5-8-18)20-10-6-9-19(13-20)27(28,29)30/h3-15H,16H2,1-2H3/b31-15+. The van der Waals surface area contributed by atoms with Crippen molar-refractivity contribution >= 4 is 34.7 Å². The number of hydrogen-bond donors (Lipinski definition) is 0. The van der Waals surface area contributed by atoms with E-state index in [1.54, 1.807) is 55.5 Å². The van der Waals surface area contributed by atoms with Gasteiger partial charge in [-0.3, -0.25) is 4.79 Å². The maximum absolute atomic E-state index is 13.3. The molecule has 0 spiro atoms. The molecule has 0 unspecified atom stereocenters. The molecule has 1 heterocycles. The van der Waals surface area contributed by atoms with Crippen LogP contribution in [0.3, 0.4) is 0 Å². The van der Waals surface area contributed by atoms with Crippen molar-refractivity contribution in [3.05, 3.63) is 95.2 Å². The summed E-state index contributed by atoms with van der Waals surface area (Å²) in [6.07, 6.45) is -3.31. The molecule has 1 amide bonds. The number of furan rings is 1. The molecule has 0 aliphatic carbocycles. The molecule has 4 rings (SSSR count). The highest BCUT2D eigenvalue weighted by atomic mass is 19.4. The number of fused-ring (bicyclic) bond motifs is 1. The second-order valence-electron chi connectivity index (χ2n) is 7.90. The van der Waals surface area contributed by atoms with E-state index in [-0.39, 0.29) is 11.4 Å². The maximum Gasteiger partial charge on any atom is 0.416 e. The van der Waals surface area contributed by atoms with Crippen LogP contribution in [0.15, 0.2) is 82.3 Å². The number of esters is 1. The number of aryl methyl sites for hydroxylation is 1. The molecule has 1 aromatic heterocycles. The number of anilines is 1. The normalized spacial score (nSPS) is 11.6. The van der Waals surface area contributed by atoms with Gasteiger partial charge in [0.1, 0.15) is 11.3 Å². The van der Waals surface area contributed by atoms with Crippen LogP contribution < -0.4 is 9.75 Å². The zero-order chi connectivity index (χ0) is 26.6. The third-order valence-electron chi connectivity index (χ3n) is 5.43. The molecule has 37 heavy (non-hydrogen) atoms. The van der Waals surface area contributed by atoms with Crippen molar-refractivity contribution in [1.82, 2.24) is 0 Å². The van der Waals surface area contributed by atoms with Crippen LogP contribution in [0.5, 0.6) is 5.75 Å². The fraction of sp³-hybridized carbons (Fsp3) is 0.148. The molecular weight excluding hydrogens is 489 g/mol. The molecule has 190 valence electrons. The minimum absolute atomic E-state index is 0.102. The summed E-state index contributed by atoms with van der Waals surface area (Å²) in [6.45, 7) is 0.865. The van der Waals surface area contributed by atoms with Gasteiger partial charge in [-0.05, 0) is 48.9 Å². The number of rotatable bonds is 7. The summed E-state index contributed by atoms with van der Waals surface area (Å²) in [5, 5.41) is 5.46. The minimum Gasteiger partial charge on any atom is -0.497 e. The predicted molar refractivity (Wildman–Crippen MR) is 131 cm³/mol. The number of benzene rings is 3. The molecule has 0 bridgehead atoms. The number of carbonyl (C=O) groups is 2. The average Bonchev–Trinajstić information content (AvgIpc) is 3.23. The highest BCUT2D eigenvalue weighted by molar-refractivity contribution is 6.00. The van der Waals surface area contributed by atoms with Crippen LogP contribution in [0, 0.1) is 6.92 Å². The van der Waals surface area contributed by atoms with Crippen LogP contribution in [-0.4, -0.2) is 31.8 Å². The fourth-order valence-corrected chi connectivity index (χ4v) is 3.53. The Labute approximate surface area is 209 Å². The molecule has 0 atom stereocenters. The average molecular weight is 510 g/mol. The molecule has 0 saturated heterocycles. The van der Waals surface area contributed by atoms with Crippen LogP contribution in [-0.2, 0) is 15.7 Å². The van der Waals surface area contributed by atoms with Gasteiger partial charge in [0.2, 0.25) is 5.76 Å². The number of ether oxygens (including phenoxy) is 2. The van der Waals surface area contributed by atoms with Crippen molar-refractivity contribution in [2.24, 2.45) is 5.10 Å². The van der Waals surface area contributed by atoms with E-state index in [2.05, 4.69) is 5.10 Å². The quantitative estimate of drug-likeness (QED) is 0.173. The lowest BCUT2D eigenvalue weighted by molar-refractivity contribution is -0.137. The number of hydrazone groups is 1. The fourth-order valence-electron chi connectivity index (χ4n) is 3.53. The number of nitrogens with zero attached hydrogens (tertiary/aromatic N) is 2. The molecule has 0 saturated carbocycles. The van der Waals surface area contributed by atoms with Crippen LogP contribution in [0.2, 0.25) is 0 Å². The lowest BCUT2D eigenvalue weighted by Gasteiger charge is -2.18. The number of carbonyl (C=O) groups excluding carboxylic acids is 2. The van der Waals surface area contributed by atoms with E-state index in [4.69, 9.17) is 13.9 Å². The highest BCUT2D eigenvalue weighted by Crippen LogP contribution is 2.32. The third-order valence-corrected chi connectivity index (χ3v) is 5.43. The van der Waals surface area contributed by atoms with Gasteiger partial charge in [0, 0.05) is 10.9 Å². The van der Waals surface area contributed by atoms with E-state index in [1.165, 1.54) is 19.4 Å². The third kappa shape index (κ3) is 5.80. The number of alkyl halides is 3. The first kappa shape index (κ1) is 25.5. The van der Waals surface area contributed by atoms with Gasteiger partial charge in [0.05, 0.1) is 24.6 Å². The number of methoxy groups -OCH3 is 1. The molecular formula is C27H21F3N2O5. The number of halogens is 3. The monoisotopic (exact) mass is 510 g/mol. The van der Waals surface area contributed by atoms with E-state index in [1.807, 2.05) is 0 Å². The van der Waals surface area contributed by atoms with Gasteiger partial charge >= 0.3 is 12.1 Å². The van der Waals surface area contributed by atoms with Crippen molar-refractivity contribution < 1.29 is 36.7 Å². The second kappa shape index (κ2) is 10.6. The van der Waals surface area contributed by atoms with E-state index < -0.39 is 30.2 Å². The van der Waals surface area contributed by atoms with Gasteiger partial charge in [0.15, 0.2) is 6.61 Å². The molecule has 0 fully saturated rings. The van der Waals surface area contributed by atoms with Crippen molar-refractivity contribution in [2.75, 3.05) is 18.7 Å². The smallest absolute Gasteiger partial charge is 0.416 e. The van der Waals surface area contributed by atoms with Crippen molar-refractivity contribution in [3.8, 4) is 5.75 Å². The van der Waals surface area contributed by atoms with Crippen LogP contribution in [0.1, 0.15) is 27.2 Å². The Hall–Kier alpha value is -4.60. The van der Waals surface area contributed by atoms with Crippen LogP contribution in [0.4, 0.5) is 18.9 Å². The Morgan fingerprint density at radius 3 is 2.49 bits per heavy atom. The summed E-state index contributed by atoms with van der Waals surface area (Å²) in [5.41, 5.74) is 0.425. The first-order chi connectivity index (χ1) is 17.7. The Morgan fingerprint density at radius 1 is 1.03 bits per heavy atom. The van der Waals surface area contributed by atoms with Crippen molar-refractivity contribution in [2.45, 2.75) is 13.1 Å². The molecule has 0 aliphatic heterocycles. The van der Waals surface area contributed by atoms with Gasteiger partial charge in [-0.2, -0.15) is 23.3 Å². The summed E-state index contributed by atoms with van der Waals surface area (Å²) < 4.78 is 55.7. The van der Waals surface area contributed by atoms with Crippen molar-refractivity contribution in [3.63, 3.8) is 0 Å². The van der Waals surface area contributed by atoms with Gasteiger partial charge in [-0.15, -0.1) is 0 Å². The lowest BCUT2D eigenvalue weighted by Crippen LogP contribution is -2.31. The maximum atomic E-state index is 13.3. The zero-order valence-electron chi connectivity index (χ0n) is 19.8. The molecule has 0 aliphatic rings. The van der Waals surface area contributed by atoms with E-state index >= 15 is 0 Å². The summed E-state index contributed by atoms with van der Waals surface area (Å²) in [4.78, 5) is 25.7. The van der Waals surface area contributed by atoms with Gasteiger partial charge in [-0.1, -0.05) is 36.4 Å². The Morgan fingerprint density at radius 2 is 1.78 bits per heavy atom. The Kier molecular flexibility index (Phi) is 7.28. The van der Waals surface area contributed by atoms with Gasteiger partial charge in [0.25, 0.3) is 5.91 Å². The molecule has 7 nitrogen and oxygen atoms in total. The minimum atomic E-state index is -4.62. The molecule has 3 aromatic carbocycles. The first-order valence-electron chi connectivity index (χ1n) is 11.0. The Balaban J connectivity index is 1.57. The number of hydrogen-bond acceptors (Lipinski definition) is 6. The van der Waals surface area contributed by atoms with E-state index in [0.717, 1.165) is 23.2 Å². The van der Waals surface area contributed by atoms with Crippen LogP contribution >= 0.6 is 0 Å². The van der Waals surface area contributed by atoms with Gasteiger partial charge in [-0.25, -0.2) is 4.79 Å². The molecule has 10 heteroatoms. The summed E-state index contributed by atoms with van der Waals surface area (Å²) in [7, 11) is 1.51. The summed E-state index contributed by atoms with van der Waals surface area (Å²) in [5.74, 6) is -1.30. The number of amides is 1. The molecule has 4 aromatic rings. The zero-order valence-corrected chi connectivity index (χ0v) is 19.8. The highest BCUT2D eigenvalue weighted by Gasteiger charge is 2.31. The van der Waals surface area contributed by atoms with E-state index in [9.17, 15) is 22.8 Å². The summed E-state index contributed by atoms with van der Waals surface area (Å²) in [6, 6.07) is 17.8. The predicted octanol–water partition coefficient (Wildman–Crippen LogP) is 5.99.